The van der Waals surface area contributed by atoms with Gasteiger partial charge in [0.2, 0.25) is 0 Å². The second kappa shape index (κ2) is 8.17. The molecule has 4 nitrogen and oxygen atoms in total. The maximum atomic E-state index is 13.4. The van der Waals surface area contributed by atoms with Gasteiger partial charge >= 0.3 is 0 Å². The number of carbonyl (C=O) groups is 2. The molecule has 0 radical (unpaired) electrons. The second-order valence-corrected chi connectivity index (χ2v) is 7.82. The van der Waals surface area contributed by atoms with Crippen molar-refractivity contribution >= 4 is 34.7 Å². The molecule has 0 aromatic heterocycles. The summed E-state index contributed by atoms with van der Waals surface area (Å²) < 4.78 is 0. The number of carbonyl (C=O) groups excluding carboxylic acids is 2. The first-order chi connectivity index (χ1) is 14.4. The van der Waals surface area contributed by atoms with Crippen molar-refractivity contribution in [3.8, 4) is 0 Å². The van der Waals surface area contributed by atoms with E-state index in [2.05, 4.69) is 5.32 Å². The van der Waals surface area contributed by atoms with Crippen molar-refractivity contribution in [2.45, 2.75) is 20.4 Å². The summed E-state index contributed by atoms with van der Waals surface area (Å²) in [5.41, 5.74) is 5.10. The Labute approximate surface area is 180 Å². The standard InChI is InChI=1S/C25H21ClN2O2/c1-16-8-13-21(17(2)14-16)22-23(27-20-6-4-3-5-7-20)25(30)28(24(22)29)15-18-9-11-19(26)12-10-18/h3-14,27H,15H2,1-2H3. The Bertz CT molecular complexity index is 1150. The highest BCUT2D eigenvalue weighted by atomic mass is 35.5. The molecule has 0 fully saturated rings. The minimum atomic E-state index is -0.339. The molecule has 1 N–H and O–H groups in total. The number of nitrogens with zero attached hydrogens (tertiary/aromatic N) is 1. The van der Waals surface area contributed by atoms with E-state index in [1.165, 1.54) is 4.90 Å². The largest absolute Gasteiger partial charge is 0.350 e. The van der Waals surface area contributed by atoms with Crippen LogP contribution in [0.5, 0.6) is 0 Å². The Balaban J connectivity index is 1.76. The number of rotatable bonds is 5. The molecule has 4 rings (SSSR count). The number of halogens is 1. The summed E-state index contributed by atoms with van der Waals surface area (Å²) in [6.07, 6.45) is 0. The molecule has 0 spiro atoms. The second-order valence-electron chi connectivity index (χ2n) is 7.38. The molecule has 0 unspecified atom stereocenters. The van der Waals surface area contributed by atoms with Gasteiger partial charge < -0.3 is 5.32 Å². The van der Waals surface area contributed by atoms with Crippen LogP contribution in [0.3, 0.4) is 0 Å². The van der Waals surface area contributed by atoms with Crippen molar-refractivity contribution in [1.82, 2.24) is 4.90 Å². The van der Waals surface area contributed by atoms with E-state index in [-0.39, 0.29) is 18.4 Å². The van der Waals surface area contributed by atoms with Gasteiger partial charge in [0, 0.05) is 10.7 Å². The quantitative estimate of drug-likeness (QED) is 0.570. The van der Waals surface area contributed by atoms with Gasteiger partial charge in [-0.2, -0.15) is 0 Å². The topological polar surface area (TPSA) is 49.4 Å². The molecule has 1 aliphatic heterocycles. The zero-order valence-corrected chi connectivity index (χ0v) is 17.5. The van der Waals surface area contributed by atoms with Crippen molar-refractivity contribution in [2.75, 3.05) is 5.32 Å². The summed E-state index contributed by atoms with van der Waals surface area (Å²) in [6.45, 7) is 4.14. The summed E-state index contributed by atoms with van der Waals surface area (Å²) in [7, 11) is 0. The molecule has 0 bridgehead atoms. The van der Waals surface area contributed by atoms with Crippen LogP contribution in [-0.2, 0) is 16.1 Å². The van der Waals surface area contributed by atoms with Gasteiger partial charge in [-0.1, -0.05) is 65.7 Å². The van der Waals surface area contributed by atoms with E-state index < -0.39 is 0 Å². The zero-order chi connectivity index (χ0) is 21.3. The van der Waals surface area contributed by atoms with Crippen LogP contribution in [0.2, 0.25) is 5.02 Å². The molecule has 3 aromatic rings. The monoisotopic (exact) mass is 416 g/mol. The summed E-state index contributed by atoms with van der Waals surface area (Å²) in [6, 6.07) is 22.4. The molecule has 0 atom stereocenters. The molecule has 5 heteroatoms. The highest BCUT2D eigenvalue weighted by molar-refractivity contribution is 6.36. The van der Waals surface area contributed by atoms with E-state index in [9.17, 15) is 9.59 Å². The molecule has 150 valence electrons. The van der Waals surface area contributed by atoms with Gasteiger partial charge in [0.15, 0.2) is 0 Å². The third-order valence-corrected chi connectivity index (χ3v) is 5.37. The fourth-order valence-electron chi connectivity index (χ4n) is 3.62. The van der Waals surface area contributed by atoms with E-state index >= 15 is 0 Å². The van der Waals surface area contributed by atoms with E-state index in [1.54, 1.807) is 12.1 Å². The number of para-hydroxylation sites is 1. The highest BCUT2D eigenvalue weighted by Crippen LogP contribution is 2.33. The Morgan fingerprint density at radius 3 is 2.23 bits per heavy atom. The lowest BCUT2D eigenvalue weighted by molar-refractivity contribution is -0.137. The van der Waals surface area contributed by atoms with Gasteiger partial charge in [-0.25, -0.2) is 0 Å². The molecule has 1 aliphatic rings. The Morgan fingerprint density at radius 2 is 1.57 bits per heavy atom. The third kappa shape index (κ3) is 3.87. The smallest absolute Gasteiger partial charge is 0.278 e. The fraction of sp³-hybridized carbons (Fsp3) is 0.120. The van der Waals surface area contributed by atoms with Crippen molar-refractivity contribution in [3.05, 3.63) is 106 Å². The van der Waals surface area contributed by atoms with E-state index in [1.807, 2.05) is 74.5 Å². The number of anilines is 1. The van der Waals surface area contributed by atoms with Crippen LogP contribution in [0, 0.1) is 13.8 Å². The van der Waals surface area contributed by atoms with Crippen LogP contribution >= 0.6 is 11.6 Å². The Morgan fingerprint density at radius 1 is 0.867 bits per heavy atom. The number of nitrogens with one attached hydrogen (secondary N) is 1. The molecule has 3 aromatic carbocycles. The predicted molar refractivity (Wildman–Crippen MR) is 120 cm³/mol. The molecule has 0 aliphatic carbocycles. The van der Waals surface area contributed by atoms with Crippen LogP contribution in [0.4, 0.5) is 5.69 Å². The maximum Gasteiger partial charge on any atom is 0.278 e. The van der Waals surface area contributed by atoms with Crippen LogP contribution in [-0.4, -0.2) is 16.7 Å². The molecule has 0 saturated heterocycles. The predicted octanol–water partition coefficient (Wildman–Crippen LogP) is 5.35. The molecule has 1 heterocycles. The number of hydrogen-bond acceptors (Lipinski definition) is 3. The lowest BCUT2D eigenvalue weighted by atomic mass is 9.97. The SMILES string of the molecule is Cc1ccc(C2=C(Nc3ccccc3)C(=O)N(Cc3ccc(Cl)cc3)C2=O)c(C)c1. The van der Waals surface area contributed by atoms with Crippen molar-refractivity contribution in [3.63, 3.8) is 0 Å². The van der Waals surface area contributed by atoms with E-state index in [0.717, 1.165) is 27.9 Å². The number of imide groups is 1. The molecule has 0 saturated carbocycles. The van der Waals surface area contributed by atoms with Crippen molar-refractivity contribution < 1.29 is 9.59 Å². The minimum Gasteiger partial charge on any atom is -0.350 e. The fourth-order valence-corrected chi connectivity index (χ4v) is 3.74. The summed E-state index contributed by atoms with van der Waals surface area (Å²) in [5.74, 6) is -0.644. The average Bonchev–Trinajstić information content (AvgIpc) is 2.95. The molecule has 2 amide bonds. The van der Waals surface area contributed by atoms with Gasteiger partial charge in [-0.3, -0.25) is 14.5 Å². The number of benzene rings is 3. The average molecular weight is 417 g/mol. The minimum absolute atomic E-state index is 0.184. The summed E-state index contributed by atoms with van der Waals surface area (Å²) in [4.78, 5) is 28.0. The number of amides is 2. The normalized spacial score (nSPS) is 13.9. The van der Waals surface area contributed by atoms with Crippen LogP contribution in [0.1, 0.15) is 22.3 Å². The van der Waals surface area contributed by atoms with Crippen molar-refractivity contribution in [2.24, 2.45) is 0 Å². The highest BCUT2D eigenvalue weighted by Gasteiger charge is 2.39. The first-order valence-electron chi connectivity index (χ1n) is 9.68. The maximum absolute atomic E-state index is 13.4. The third-order valence-electron chi connectivity index (χ3n) is 5.12. The van der Waals surface area contributed by atoms with Gasteiger partial charge in [0.1, 0.15) is 5.70 Å². The molecular weight excluding hydrogens is 396 g/mol. The van der Waals surface area contributed by atoms with Gasteiger partial charge in [0.05, 0.1) is 12.1 Å². The van der Waals surface area contributed by atoms with Crippen LogP contribution < -0.4 is 5.32 Å². The molecule has 30 heavy (non-hydrogen) atoms. The first-order valence-corrected chi connectivity index (χ1v) is 10.1. The van der Waals surface area contributed by atoms with Crippen LogP contribution in [0.25, 0.3) is 5.57 Å². The van der Waals surface area contributed by atoms with Crippen LogP contribution in [0.15, 0.2) is 78.5 Å². The Hall–Kier alpha value is -3.37. The van der Waals surface area contributed by atoms with Gasteiger partial charge in [-0.15, -0.1) is 0 Å². The van der Waals surface area contributed by atoms with E-state index in [4.69, 9.17) is 11.6 Å². The number of hydrogen-bond donors (Lipinski definition) is 1. The zero-order valence-electron chi connectivity index (χ0n) is 16.8. The lowest BCUT2D eigenvalue weighted by Gasteiger charge is -2.15. The number of aryl methyl sites for hydroxylation is 2. The van der Waals surface area contributed by atoms with E-state index in [0.29, 0.717) is 16.3 Å². The van der Waals surface area contributed by atoms with Gasteiger partial charge in [-0.05, 0) is 54.8 Å². The van der Waals surface area contributed by atoms with Crippen molar-refractivity contribution in [1.29, 1.82) is 0 Å². The first kappa shape index (κ1) is 19.9. The summed E-state index contributed by atoms with van der Waals surface area (Å²) in [5, 5.41) is 3.79. The molecular formula is C25H21ClN2O2. The Kier molecular flexibility index (Phi) is 5.42. The summed E-state index contributed by atoms with van der Waals surface area (Å²) >= 11 is 5.97. The van der Waals surface area contributed by atoms with Gasteiger partial charge in [0.25, 0.3) is 11.8 Å². The lowest BCUT2D eigenvalue weighted by Crippen LogP contribution is -2.32.